The molecule has 1 saturated heterocycles. The summed E-state index contributed by atoms with van der Waals surface area (Å²) in [4.78, 5) is 28.0. The van der Waals surface area contributed by atoms with Gasteiger partial charge in [0.2, 0.25) is 11.8 Å². The van der Waals surface area contributed by atoms with Gasteiger partial charge in [0.1, 0.15) is 18.0 Å². The van der Waals surface area contributed by atoms with Gasteiger partial charge in [-0.25, -0.2) is 0 Å². The first-order valence-electron chi connectivity index (χ1n) is 12.0. The topological polar surface area (TPSA) is 108 Å². The fourth-order valence-corrected chi connectivity index (χ4v) is 5.06. The molecule has 1 aromatic rings. The smallest absolute Gasteiger partial charge is 0.247 e. The second kappa shape index (κ2) is 10.7. The molecule has 0 radical (unpaired) electrons. The molecule has 1 aliphatic carbocycles. The van der Waals surface area contributed by atoms with E-state index in [1.54, 1.807) is 11.0 Å². The average Bonchev–Trinajstić information content (AvgIpc) is 3.48. The predicted octanol–water partition coefficient (Wildman–Crippen LogP) is 1.51. The van der Waals surface area contributed by atoms with Crippen LogP contribution in [0.15, 0.2) is 35.9 Å². The van der Waals surface area contributed by atoms with Crippen LogP contribution in [-0.2, 0) is 14.3 Å². The summed E-state index contributed by atoms with van der Waals surface area (Å²) in [6.45, 7) is 3.02. The highest BCUT2D eigenvalue weighted by Crippen LogP contribution is 2.47. The van der Waals surface area contributed by atoms with Gasteiger partial charge in [0.15, 0.2) is 0 Å². The van der Waals surface area contributed by atoms with Crippen LogP contribution < -0.4 is 10.1 Å². The second-order valence-electron chi connectivity index (χ2n) is 8.97. The predicted molar refractivity (Wildman–Crippen MR) is 122 cm³/mol. The summed E-state index contributed by atoms with van der Waals surface area (Å²) in [5, 5.41) is 23.4. The van der Waals surface area contributed by atoms with Crippen LogP contribution in [0.3, 0.4) is 0 Å². The number of nitrogens with zero attached hydrogens (tertiary/aromatic N) is 1. The van der Waals surface area contributed by atoms with Gasteiger partial charge in [-0.1, -0.05) is 31.5 Å². The van der Waals surface area contributed by atoms with Crippen molar-refractivity contribution in [3.8, 4) is 5.75 Å². The Hall–Kier alpha value is -2.42. The van der Waals surface area contributed by atoms with Gasteiger partial charge in [0, 0.05) is 37.3 Å². The van der Waals surface area contributed by atoms with Crippen molar-refractivity contribution < 1.29 is 29.3 Å². The molecule has 5 atom stereocenters. The lowest BCUT2D eigenvalue weighted by atomic mass is 9.77. The van der Waals surface area contributed by atoms with Crippen LogP contribution in [0.25, 0.3) is 0 Å². The number of carbonyl (C=O) groups is 2. The van der Waals surface area contributed by atoms with E-state index in [1.165, 1.54) is 0 Å². The summed E-state index contributed by atoms with van der Waals surface area (Å²) in [6.07, 6.45) is 3.80. The lowest BCUT2D eigenvalue weighted by Gasteiger charge is -2.41. The first kappa shape index (κ1) is 23.7. The largest absolute Gasteiger partial charge is 0.486 e. The van der Waals surface area contributed by atoms with E-state index in [9.17, 15) is 19.8 Å². The van der Waals surface area contributed by atoms with E-state index in [0.29, 0.717) is 30.9 Å². The molecule has 33 heavy (non-hydrogen) atoms. The minimum absolute atomic E-state index is 0.0586. The SMILES string of the molecule is CCCCC(=O)N(CC1CCCO1)C1C=C(C(=O)NCCO)C2c3ccccc3OC2C1O. The molecular formula is C25H34N2O6. The molecule has 0 aromatic heterocycles. The summed E-state index contributed by atoms with van der Waals surface area (Å²) >= 11 is 0. The molecular weight excluding hydrogens is 424 g/mol. The molecule has 1 aromatic carbocycles. The summed E-state index contributed by atoms with van der Waals surface area (Å²) in [5.41, 5.74) is 1.29. The second-order valence-corrected chi connectivity index (χ2v) is 8.97. The summed E-state index contributed by atoms with van der Waals surface area (Å²) in [6, 6.07) is 6.76. The highest BCUT2D eigenvalue weighted by molar-refractivity contribution is 5.96. The van der Waals surface area contributed by atoms with Crippen molar-refractivity contribution in [3.05, 3.63) is 41.5 Å². The lowest BCUT2D eigenvalue weighted by Crippen LogP contribution is -2.57. The quantitative estimate of drug-likeness (QED) is 0.518. The van der Waals surface area contributed by atoms with Crippen molar-refractivity contribution in [3.63, 3.8) is 0 Å². The number of hydrogen-bond acceptors (Lipinski definition) is 6. The molecule has 3 N–H and O–H groups in total. The lowest BCUT2D eigenvalue weighted by molar-refractivity contribution is -0.139. The number of ether oxygens (including phenoxy) is 2. The van der Waals surface area contributed by atoms with Gasteiger partial charge in [-0.05, 0) is 31.4 Å². The van der Waals surface area contributed by atoms with E-state index in [0.717, 1.165) is 31.2 Å². The number of carbonyl (C=O) groups excluding carboxylic acids is 2. The minimum Gasteiger partial charge on any atom is -0.486 e. The van der Waals surface area contributed by atoms with Crippen LogP contribution in [0.2, 0.25) is 0 Å². The standard InChI is InChI=1S/C25H34N2O6/c1-2-3-10-21(29)27(15-16-7-6-13-32-16)19-14-18(25(31)26-11-12-28)22-17-8-4-5-9-20(17)33-24(22)23(19)30/h4-5,8-9,14,16,19,22-24,28,30H,2-3,6-7,10-13,15H2,1H3,(H,26,31). The molecule has 2 heterocycles. The zero-order valence-corrected chi connectivity index (χ0v) is 19.1. The number of amides is 2. The Morgan fingerprint density at radius 2 is 2.09 bits per heavy atom. The number of hydrogen-bond donors (Lipinski definition) is 3. The number of para-hydroxylation sites is 1. The van der Waals surface area contributed by atoms with Gasteiger partial charge in [-0.3, -0.25) is 9.59 Å². The van der Waals surface area contributed by atoms with E-state index in [1.807, 2.05) is 31.2 Å². The molecule has 5 unspecified atom stereocenters. The molecule has 0 spiro atoms. The van der Waals surface area contributed by atoms with Gasteiger partial charge in [-0.15, -0.1) is 0 Å². The first-order valence-corrected chi connectivity index (χ1v) is 12.0. The van der Waals surface area contributed by atoms with Gasteiger partial charge in [0.25, 0.3) is 0 Å². The zero-order chi connectivity index (χ0) is 23.4. The van der Waals surface area contributed by atoms with Gasteiger partial charge >= 0.3 is 0 Å². The molecule has 0 saturated carbocycles. The van der Waals surface area contributed by atoms with Crippen LogP contribution in [-0.4, -0.2) is 77.6 Å². The van der Waals surface area contributed by atoms with Crippen molar-refractivity contribution in [1.82, 2.24) is 10.2 Å². The molecule has 8 nitrogen and oxygen atoms in total. The summed E-state index contributed by atoms with van der Waals surface area (Å²) < 4.78 is 11.9. The van der Waals surface area contributed by atoms with Gasteiger partial charge in [-0.2, -0.15) is 0 Å². The summed E-state index contributed by atoms with van der Waals surface area (Å²) in [7, 11) is 0. The van der Waals surface area contributed by atoms with Crippen molar-refractivity contribution in [1.29, 1.82) is 0 Å². The molecule has 3 aliphatic rings. The van der Waals surface area contributed by atoms with Gasteiger partial charge in [0.05, 0.1) is 24.7 Å². The average molecular weight is 459 g/mol. The van der Waals surface area contributed by atoms with Crippen molar-refractivity contribution in [2.45, 2.75) is 69.3 Å². The van der Waals surface area contributed by atoms with Crippen LogP contribution in [0.4, 0.5) is 0 Å². The maximum atomic E-state index is 13.2. The monoisotopic (exact) mass is 458 g/mol. The van der Waals surface area contributed by atoms with Crippen LogP contribution in [0.1, 0.15) is 50.5 Å². The Morgan fingerprint density at radius 3 is 2.82 bits per heavy atom. The van der Waals surface area contributed by atoms with E-state index in [4.69, 9.17) is 9.47 Å². The number of aliphatic hydroxyl groups excluding tert-OH is 2. The van der Waals surface area contributed by atoms with E-state index in [-0.39, 0.29) is 31.1 Å². The van der Waals surface area contributed by atoms with Crippen molar-refractivity contribution in [2.24, 2.45) is 0 Å². The Kier molecular flexibility index (Phi) is 7.67. The molecule has 180 valence electrons. The molecule has 2 amide bonds. The zero-order valence-electron chi connectivity index (χ0n) is 19.1. The molecule has 2 aliphatic heterocycles. The minimum atomic E-state index is -0.997. The highest BCUT2D eigenvalue weighted by Gasteiger charge is 2.50. The van der Waals surface area contributed by atoms with Crippen molar-refractivity contribution >= 4 is 11.8 Å². The number of benzene rings is 1. The molecule has 4 rings (SSSR count). The molecule has 0 bridgehead atoms. The number of aliphatic hydroxyl groups is 2. The Balaban J connectivity index is 1.70. The normalized spacial score (nSPS) is 27.8. The third-order valence-corrected chi connectivity index (χ3v) is 6.73. The Morgan fingerprint density at radius 1 is 1.27 bits per heavy atom. The maximum absolute atomic E-state index is 13.2. The fraction of sp³-hybridized carbons (Fsp3) is 0.600. The van der Waals surface area contributed by atoms with Gasteiger partial charge < -0.3 is 29.9 Å². The molecule has 8 heteroatoms. The number of unbranched alkanes of at least 4 members (excludes halogenated alkanes) is 1. The number of rotatable bonds is 9. The fourth-order valence-electron chi connectivity index (χ4n) is 5.06. The highest BCUT2D eigenvalue weighted by atomic mass is 16.5. The van der Waals surface area contributed by atoms with E-state index >= 15 is 0 Å². The van der Waals surface area contributed by atoms with Crippen LogP contribution >= 0.6 is 0 Å². The first-order chi connectivity index (χ1) is 16.0. The third kappa shape index (κ3) is 4.93. The third-order valence-electron chi connectivity index (χ3n) is 6.73. The number of fused-ring (bicyclic) bond motifs is 3. The maximum Gasteiger partial charge on any atom is 0.247 e. The Labute approximate surface area is 194 Å². The molecule has 1 fully saturated rings. The number of nitrogens with one attached hydrogen (secondary N) is 1. The van der Waals surface area contributed by atoms with E-state index in [2.05, 4.69) is 5.32 Å². The van der Waals surface area contributed by atoms with Crippen molar-refractivity contribution in [2.75, 3.05) is 26.3 Å². The Bertz CT molecular complexity index is 881. The van der Waals surface area contributed by atoms with Crippen LogP contribution in [0.5, 0.6) is 5.75 Å². The van der Waals surface area contributed by atoms with Crippen LogP contribution in [0, 0.1) is 0 Å². The summed E-state index contributed by atoms with van der Waals surface area (Å²) in [5.74, 6) is -0.191. The van der Waals surface area contributed by atoms with E-state index < -0.39 is 24.2 Å².